The number of rotatable bonds is 4. The van der Waals surface area contributed by atoms with Crippen LogP contribution in [0.3, 0.4) is 0 Å². The maximum absolute atomic E-state index is 2.54. The van der Waals surface area contributed by atoms with Crippen LogP contribution in [0, 0.1) is 5.92 Å². The summed E-state index contributed by atoms with van der Waals surface area (Å²) in [6.45, 7) is 19.1. The lowest BCUT2D eigenvalue weighted by Crippen LogP contribution is -2.42. The van der Waals surface area contributed by atoms with E-state index in [0.717, 1.165) is 11.5 Å². The maximum Gasteiger partial charge on any atom is 0.0597 e. The van der Waals surface area contributed by atoms with Crippen LogP contribution in [0.4, 0.5) is 0 Å². The molecule has 0 amide bonds. The van der Waals surface area contributed by atoms with Gasteiger partial charge < -0.3 is 0 Å². The SMILES string of the molecule is C/C=C/C(CC(C)C)[Si](C)(C)C(C)(C)C. The molecule has 0 spiro atoms. The lowest BCUT2D eigenvalue weighted by molar-refractivity contribution is 0.569. The Morgan fingerprint density at radius 1 is 1.13 bits per heavy atom. The largest absolute Gasteiger partial charge is 0.0917 e. The summed E-state index contributed by atoms with van der Waals surface area (Å²) in [5.74, 6) is 0.806. The van der Waals surface area contributed by atoms with E-state index in [-0.39, 0.29) is 0 Å². The van der Waals surface area contributed by atoms with E-state index in [0.29, 0.717) is 5.04 Å². The highest BCUT2D eigenvalue weighted by atomic mass is 28.3. The molecule has 0 aliphatic rings. The van der Waals surface area contributed by atoms with Crippen molar-refractivity contribution in [2.75, 3.05) is 0 Å². The van der Waals surface area contributed by atoms with Crippen LogP contribution in [-0.4, -0.2) is 8.07 Å². The predicted octanol–water partition coefficient (Wildman–Crippen LogP) is 5.49. The molecule has 15 heavy (non-hydrogen) atoms. The molecule has 0 aliphatic carbocycles. The summed E-state index contributed by atoms with van der Waals surface area (Å²) in [7, 11) is -1.20. The van der Waals surface area contributed by atoms with Crippen molar-refractivity contribution in [2.45, 2.75) is 71.6 Å². The van der Waals surface area contributed by atoms with Gasteiger partial charge in [-0.1, -0.05) is 59.9 Å². The van der Waals surface area contributed by atoms with E-state index < -0.39 is 8.07 Å². The van der Waals surface area contributed by atoms with Crippen molar-refractivity contribution in [2.24, 2.45) is 5.92 Å². The van der Waals surface area contributed by atoms with E-state index in [4.69, 9.17) is 0 Å². The average Bonchev–Trinajstić information content (AvgIpc) is 2.00. The third-order valence-corrected chi connectivity index (χ3v) is 10.2. The first kappa shape index (κ1) is 15.0. The van der Waals surface area contributed by atoms with Gasteiger partial charge in [-0.25, -0.2) is 0 Å². The molecular weight excluding hydrogens is 196 g/mol. The van der Waals surface area contributed by atoms with Gasteiger partial charge in [0.05, 0.1) is 8.07 Å². The summed E-state index contributed by atoms with van der Waals surface area (Å²) in [5.41, 5.74) is 0.822. The van der Waals surface area contributed by atoms with Crippen molar-refractivity contribution in [3.63, 3.8) is 0 Å². The van der Waals surface area contributed by atoms with Crippen molar-refractivity contribution in [3.8, 4) is 0 Å². The van der Waals surface area contributed by atoms with E-state index in [1.165, 1.54) is 6.42 Å². The summed E-state index contributed by atoms with van der Waals surface area (Å²) < 4.78 is 0. The van der Waals surface area contributed by atoms with E-state index >= 15 is 0 Å². The Kier molecular flexibility index (Phi) is 5.32. The van der Waals surface area contributed by atoms with E-state index in [9.17, 15) is 0 Å². The third kappa shape index (κ3) is 4.14. The molecule has 0 rings (SSSR count). The molecule has 1 atom stereocenters. The Labute approximate surface area is 98.2 Å². The van der Waals surface area contributed by atoms with Gasteiger partial charge in [0.25, 0.3) is 0 Å². The monoisotopic (exact) mass is 226 g/mol. The van der Waals surface area contributed by atoms with E-state index in [1.54, 1.807) is 0 Å². The minimum absolute atomic E-state index is 0.492. The van der Waals surface area contributed by atoms with Crippen LogP contribution in [0.2, 0.25) is 23.7 Å². The van der Waals surface area contributed by atoms with Crippen LogP contribution in [0.1, 0.15) is 48.0 Å². The van der Waals surface area contributed by atoms with Gasteiger partial charge in [-0.15, -0.1) is 0 Å². The van der Waals surface area contributed by atoms with E-state index in [2.05, 4.69) is 66.8 Å². The van der Waals surface area contributed by atoms with Crippen molar-refractivity contribution in [1.82, 2.24) is 0 Å². The second kappa shape index (κ2) is 5.34. The molecule has 0 aromatic rings. The number of hydrogen-bond acceptors (Lipinski definition) is 0. The quantitative estimate of drug-likeness (QED) is 0.439. The fraction of sp³-hybridized carbons (Fsp3) is 0.857. The molecule has 0 fully saturated rings. The van der Waals surface area contributed by atoms with Gasteiger partial charge in [-0.3, -0.25) is 0 Å². The molecule has 90 valence electrons. The summed E-state index contributed by atoms with van der Waals surface area (Å²) in [6, 6.07) is 0. The molecule has 0 N–H and O–H groups in total. The van der Waals surface area contributed by atoms with Crippen LogP contribution in [0.25, 0.3) is 0 Å². The standard InChI is InChI=1S/C14H30Si/c1-9-10-13(11-12(2)3)15(7,8)14(4,5)6/h9-10,12-13H,11H2,1-8H3/b10-9+. The first-order chi connectivity index (χ1) is 6.63. The highest BCUT2D eigenvalue weighted by Crippen LogP contribution is 2.46. The summed E-state index contributed by atoms with van der Waals surface area (Å²) in [6.07, 6.45) is 6.05. The zero-order valence-electron chi connectivity index (χ0n) is 12.0. The van der Waals surface area contributed by atoms with Crippen LogP contribution < -0.4 is 0 Å². The molecule has 0 aliphatic heterocycles. The van der Waals surface area contributed by atoms with Crippen molar-refractivity contribution < 1.29 is 0 Å². The topological polar surface area (TPSA) is 0 Å². The second-order valence-corrected chi connectivity index (χ2v) is 12.4. The van der Waals surface area contributed by atoms with Gasteiger partial charge in [-0.2, -0.15) is 0 Å². The van der Waals surface area contributed by atoms with Crippen molar-refractivity contribution in [3.05, 3.63) is 12.2 Å². The summed E-state index contributed by atoms with van der Waals surface area (Å²) in [4.78, 5) is 0. The van der Waals surface area contributed by atoms with Gasteiger partial charge in [0, 0.05) is 0 Å². The van der Waals surface area contributed by atoms with Crippen LogP contribution >= 0.6 is 0 Å². The third-order valence-electron chi connectivity index (χ3n) is 4.01. The molecule has 1 unspecified atom stereocenters. The molecule has 0 radical (unpaired) electrons. The molecular formula is C14H30Si. The fourth-order valence-corrected chi connectivity index (χ4v) is 4.76. The van der Waals surface area contributed by atoms with Gasteiger partial charge in [0.15, 0.2) is 0 Å². The van der Waals surface area contributed by atoms with Crippen molar-refractivity contribution in [1.29, 1.82) is 0 Å². The second-order valence-electron chi connectivity index (χ2n) is 6.73. The zero-order valence-corrected chi connectivity index (χ0v) is 13.0. The van der Waals surface area contributed by atoms with Crippen LogP contribution in [-0.2, 0) is 0 Å². The van der Waals surface area contributed by atoms with Gasteiger partial charge >= 0.3 is 0 Å². The number of hydrogen-bond donors (Lipinski definition) is 0. The van der Waals surface area contributed by atoms with Gasteiger partial charge in [-0.05, 0) is 29.8 Å². The zero-order chi connectivity index (χ0) is 12.3. The number of allylic oxidation sites excluding steroid dienone is 2. The maximum atomic E-state index is 2.54. The highest BCUT2D eigenvalue weighted by molar-refractivity contribution is 6.81. The summed E-state index contributed by atoms with van der Waals surface area (Å²) >= 11 is 0. The Morgan fingerprint density at radius 2 is 1.60 bits per heavy atom. The highest BCUT2D eigenvalue weighted by Gasteiger charge is 2.40. The Balaban J connectivity index is 4.90. The minimum Gasteiger partial charge on any atom is -0.0917 e. The molecule has 0 aromatic heterocycles. The smallest absolute Gasteiger partial charge is 0.0597 e. The molecule has 0 bridgehead atoms. The average molecular weight is 226 g/mol. The fourth-order valence-electron chi connectivity index (χ4n) is 1.91. The molecule has 0 aromatic carbocycles. The molecule has 0 saturated carbocycles. The Hall–Kier alpha value is -0.0431. The molecule has 0 nitrogen and oxygen atoms in total. The normalized spacial score (nSPS) is 16.3. The minimum atomic E-state index is -1.20. The molecule has 0 saturated heterocycles. The Morgan fingerprint density at radius 3 is 1.87 bits per heavy atom. The molecule has 0 heterocycles. The lowest BCUT2D eigenvalue weighted by atomic mass is 10.1. The predicted molar refractivity (Wildman–Crippen MR) is 75.2 cm³/mol. The van der Waals surface area contributed by atoms with Crippen LogP contribution in [0.5, 0.6) is 0 Å². The molecule has 1 heteroatoms. The van der Waals surface area contributed by atoms with Crippen molar-refractivity contribution >= 4 is 8.07 Å². The van der Waals surface area contributed by atoms with Crippen LogP contribution in [0.15, 0.2) is 12.2 Å². The Bertz CT molecular complexity index is 206. The first-order valence-corrected chi connectivity index (χ1v) is 9.33. The summed E-state index contributed by atoms with van der Waals surface area (Å²) in [5, 5.41) is 0.492. The lowest BCUT2D eigenvalue weighted by Gasteiger charge is -2.43. The van der Waals surface area contributed by atoms with Gasteiger partial charge in [0.2, 0.25) is 0 Å². The first-order valence-electron chi connectivity index (χ1n) is 6.25. The van der Waals surface area contributed by atoms with Gasteiger partial charge in [0.1, 0.15) is 0 Å². The van der Waals surface area contributed by atoms with E-state index in [1.807, 2.05) is 0 Å².